The van der Waals surface area contributed by atoms with Crippen molar-refractivity contribution in [3.63, 3.8) is 0 Å². The predicted molar refractivity (Wildman–Crippen MR) is 25.3 cm³/mol. The SMILES string of the molecule is CN(N)/C=C(\N)F. The van der Waals surface area contributed by atoms with Crippen molar-refractivity contribution in [1.29, 1.82) is 0 Å². The van der Waals surface area contributed by atoms with Crippen molar-refractivity contribution in [2.75, 3.05) is 7.05 Å². The Balaban J connectivity index is 3.45. The van der Waals surface area contributed by atoms with Gasteiger partial charge in [0.05, 0.1) is 6.20 Å². The fourth-order valence-corrected chi connectivity index (χ4v) is 0.195. The van der Waals surface area contributed by atoms with Crippen LogP contribution in [0.3, 0.4) is 0 Å². The second kappa shape index (κ2) is 2.41. The van der Waals surface area contributed by atoms with E-state index in [2.05, 4.69) is 5.73 Å². The summed E-state index contributed by atoms with van der Waals surface area (Å²) in [6.45, 7) is 0. The van der Waals surface area contributed by atoms with Crippen LogP contribution < -0.4 is 11.6 Å². The van der Waals surface area contributed by atoms with Crippen LogP contribution in [0.25, 0.3) is 0 Å². The molecule has 0 saturated carbocycles. The molecule has 0 aromatic heterocycles. The summed E-state index contributed by atoms with van der Waals surface area (Å²) in [6, 6.07) is 0. The van der Waals surface area contributed by atoms with Crippen molar-refractivity contribution in [3.05, 3.63) is 12.2 Å². The van der Waals surface area contributed by atoms with Crippen LogP contribution in [-0.4, -0.2) is 12.1 Å². The maximum Gasteiger partial charge on any atom is 0.201 e. The van der Waals surface area contributed by atoms with E-state index in [9.17, 15) is 4.39 Å². The first-order chi connectivity index (χ1) is 3.13. The molecule has 0 aromatic carbocycles. The van der Waals surface area contributed by atoms with Gasteiger partial charge in [0.15, 0.2) is 0 Å². The first kappa shape index (κ1) is 6.23. The van der Waals surface area contributed by atoms with Crippen molar-refractivity contribution < 1.29 is 4.39 Å². The molecule has 0 bridgehead atoms. The van der Waals surface area contributed by atoms with Gasteiger partial charge in [0.1, 0.15) is 0 Å². The fourth-order valence-electron chi connectivity index (χ4n) is 0.195. The quantitative estimate of drug-likeness (QED) is 0.269. The van der Waals surface area contributed by atoms with Crippen LogP contribution in [0.1, 0.15) is 0 Å². The van der Waals surface area contributed by atoms with Gasteiger partial charge in [0.25, 0.3) is 0 Å². The summed E-state index contributed by atoms with van der Waals surface area (Å²) < 4.78 is 11.5. The van der Waals surface area contributed by atoms with Gasteiger partial charge in [-0.25, -0.2) is 5.84 Å². The molecule has 42 valence electrons. The average molecular weight is 105 g/mol. The highest BCUT2D eigenvalue weighted by atomic mass is 19.1. The van der Waals surface area contributed by atoms with Gasteiger partial charge in [-0.3, -0.25) is 0 Å². The van der Waals surface area contributed by atoms with Gasteiger partial charge < -0.3 is 10.7 Å². The maximum atomic E-state index is 11.5. The summed E-state index contributed by atoms with van der Waals surface area (Å²) in [5.74, 6) is 4.14. The smallest absolute Gasteiger partial charge is 0.201 e. The fraction of sp³-hybridized carbons (Fsp3) is 0.333. The summed E-state index contributed by atoms with van der Waals surface area (Å²) in [7, 11) is 1.48. The molecular weight excluding hydrogens is 97.1 g/mol. The van der Waals surface area contributed by atoms with E-state index in [1.165, 1.54) is 7.05 Å². The Kier molecular flexibility index (Phi) is 2.15. The van der Waals surface area contributed by atoms with Crippen molar-refractivity contribution in [3.8, 4) is 0 Å². The Morgan fingerprint density at radius 1 is 1.86 bits per heavy atom. The van der Waals surface area contributed by atoms with Crippen molar-refractivity contribution in [1.82, 2.24) is 5.01 Å². The molecule has 7 heavy (non-hydrogen) atoms. The molecule has 0 aliphatic rings. The highest BCUT2D eigenvalue weighted by Gasteiger charge is 1.80. The first-order valence-corrected chi connectivity index (χ1v) is 1.73. The molecule has 0 amide bonds. The molecule has 3 nitrogen and oxygen atoms in total. The van der Waals surface area contributed by atoms with E-state index in [1.54, 1.807) is 0 Å². The molecule has 0 fully saturated rings. The van der Waals surface area contributed by atoms with Crippen LogP contribution >= 0.6 is 0 Å². The number of nitrogens with two attached hydrogens (primary N) is 2. The van der Waals surface area contributed by atoms with E-state index in [1.807, 2.05) is 0 Å². The van der Waals surface area contributed by atoms with Crippen LogP contribution in [0.15, 0.2) is 12.2 Å². The van der Waals surface area contributed by atoms with E-state index in [4.69, 9.17) is 5.84 Å². The molecule has 0 rings (SSSR count). The zero-order valence-corrected chi connectivity index (χ0v) is 4.06. The summed E-state index contributed by atoms with van der Waals surface area (Å²) in [5.41, 5.74) is 4.57. The lowest BCUT2D eigenvalue weighted by Crippen LogP contribution is -2.19. The van der Waals surface area contributed by atoms with Crippen LogP contribution in [0.5, 0.6) is 0 Å². The Bertz CT molecular complexity index is 74.2. The molecule has 0 atom stereocenters. The molecule has 0 aromatic rings. The van der Waals surface area contributed by atoms with Gasteiger partial charge in [0, 0.05) is 7.05 Å². The number of rotatable bonds is 1. The van der Waals surface area contributed by atoms with Crippen LogP contribution in [0, 0.1) is 0 Å². The molecule has 0 aliphatic heterocycles. The molecule has 0 radical (unpaired) electrons. The zero-order chi connectivity index (χ0) is 5.86. The van der Waals surface area contributed by atoms with Gasteiger partial charge in [-0.15, -0.1) is 0 Å². The third-order valence-electron chi connectivity index (χ3n) is 0.327. The minimum Gasteiger partial charge on any atom is -0.374 e. The minimum atomic E-state index is -0.787. The molecule has 4 heteroatoms. The summed E-state index contributed by atoms with van der Waals surface area (Å²) in [6.07, 6.45) is 0.972. The summed E-state index contributed by atoms with van der Waals surface area (Å²) >= 11 is 0. The highest BCUT2D eigenvalue weighted by Crippen LogP contribution is 1.81. The third-order valence-corrected chi connectivity index (χ3v) is 0.327. The Labute approximate surface area is 41.4 Å². The molecule has 0 spiro atoms. The van der Waals surface area contributed by atoms with Gasteiger partial charge in [-0.2, -0.15) is 4.39 Å². The second-order valence-electron chi connectivity index (χ2n) is 1.18. The molecular formula is C3H8FN3. The van der Waals surface area contributed by atoms with Crippen molar-refractivity contribution in [2.24, 2.45) is 11.6 Å². The standard InChI is InChI=1S/C3H8FN3/c1-7(6)2-3(4)5/h2H,5-6H2,1H3/b3-2-. The lowest BCUT2D eigenvalue weighted by atomic mass is 10.8. The van der Waals surface area contributed by atoms with Gasteiger partial charge in [0.2, 0.25) is 5.95 Å². The highest BCUT2D eigenvalue weighted by molar-refractivity contribution is 4.80. The number of nitrogens with zero attached hydrogens (tertiary/aromatic N) is 1. The monoisotopic (exact) mass is 105 g/mol. The van der Waals surface area contributed by atoms with E-state index >= 15 is 0 Å². The normalized spacial score (nSPS) is 11.6. The molecule has 0 heterocycles. The lowest BCUT2D eigenvalue weighted by molar-refractivity contribution is 0.457. The summed E-state index contributed by atoms with van der Waals surface area (Å²) in [4.78, 5) is 0. The number of hydrazine groups is 1. The van der Waals surface area contributed by atoms with Gasteiger partial charge in [-0.05, 0) is 0 Å². The molecule has 0 aliphatic carbocycles. The Hall–Kier alpha value is -0.770. The minimum absolute atomic E-state index is 0.787. The average Bonchev–Trinajstić information content (AvgIpc) is 1.27. The van der Waals surface area contributed by atoms with Crippen molar-refractivity contribution >= 4 is 0 Å². The molecule has 4 N–H and O–H groups in total. The first-order valence-electron chi connectivity index (χ1n) is 1.73. The van der Waals surface area contributed by atoms with Crippen molar-refractivity contribution in [2.45, 2.75) is 0 Å². The number of hydrogen-bond acceptors (Lipinski definition) is 3. The van der Waals surface area contributed by atoms with E-state index in [-0.39, 0.29) is 0 Å². The lowest BCUT2D eigenvalue weighted by Gasteiger charge is -2.00. The van der Waals surface area contributed by atoms with Gasteiger partial charge in [-0.1, -0.05) is 0 Å². The Morgan fingerprint density at radius 3 is 2.29 bits per heavy atom. The van der Waals surface area contributed by atoms with E-state index in [0.29, 0.717) is 0 Å². The zero-order valence-electron chi connectivity index (χ0n) is 4.06. The Morgan fingerprint density at radius 2 is 2.29 bits per heavy atom. The number of hydrogen-bond donors (Lipinski definition) is 2. The van der Waals surface area contributed by atoms with Crippen LogP contribution in [-0.2, 0) is 0 Å². The van der Waals surface area contributed by atoms with E-state index < -0.39 is 5.95 Å². The second-order valence-corrected chi connectivity index (χ2v) is 1.18. The largest absolute Gasteiger partial charge is 0.374 e. The van der Waals surface area contributed by atoms with E-state index in [0.717, 1.165) is 11.2 Å². The van der Waals surface area contributed by atoms with Crippen LogP contribution in [0.2, 0.25) is 0 Å². The van der Waals surface area contributed by atoms with Gasteiger partial charge >= 0.3 is 0 Å². The maximum absolute atomic E-state index is 11.5. The van der Waals surface area contributed by atoms with Crippen LogP contribution in [0.4, 0.5) is 4.39 Å². The molecule has 0 saturated heterocycles. The summed E-state index contributed by atoms with van der Waals surface area (Å²) in [5, 5.41) is 1.04. The predicted octanol–water partition coefficient (Wildman–Crippen LogP) is -0.481. The topological polar surface area (TPSA) is 55.3 Å². The molecule has 0 unspecified atom stereocenters. The number of halogens is 1. The third kappa shape index (κ3) is 5.23.